The Balaban J connectivity index is 1.20. The van der Waals surface area contributed by atoms with E-state index in [1.165, 1.54) is 12.8 Å². The minimum Gasteiger partial charge on any atom is -0.314 e. The SMILES string of the molecule is O=c1ccc(-c2ccncc2)nn1CC1CCN(Cc2nnc3n2CCCC3)CC1. The molecule has 0 aliphatic carbocycles. The highest BCUT2D eigenvalue weighted by molar-refractivity contribution is 5.56. The Hall–Kier alpha value is -2.87. The maximum Gasteiger partial charge on any atom is 0.266 e. The van der Waals surface area contributed by atoms with Gasteiger partial charge in [-0.05, 0) is 62.9 Å². The summed E-state index contributed by atoms with van der Waals surface area (Å²) in [7, 11) is 0. The van der Waals surface area contributed by atoms with Gasteiger partial charge >= 0.3 is 0 Å². The molecule has 1 saturated heterocycles. The van der Waals surface area contributed by atoms with Crippen molar-refractivity contribution in [3.05, 3.63) is 58.7 Å². The molecule has 0 saturated carbocycles. The molecule has 8 nitrogen and oxygen atoms in total. The molecule has 3 aromatic rings. The Morgan fingerprint density at radius 2 is 1.80 bits per heavy atom. The molecule has 0 spiro atoms. The molecule has 8 heteroatoms. The monoisotopic (exact) mass is 405 g/mol. The number of likely N-dealkylation sites (tertiary alicyclic amines) is 1. The van der Waals surface area contributed by atoms with Gasteiger partial charge in [0.15, 0.2) is 0 Å². The van der Waals surface area contributed by atoms with Crippen LogP contribution in [0.4, 0.5) is 0 Å². The first kappa shape index (κ1) is 19.1. The zero-order valence-corrected chi connectivity index (χ0v) is 17.2. The summed E-state index contributed by atoms with van der Waals surface area (Å²) in [6.07, 6.45) is 9.11. The number of hydrogen-bond donors (Lipinski definition) is 0. The van der Waals surface area contributed by atoms with Gasteiger partial charge in [-0.2, -0.15) is 5.10 Å². The van der Waals surface area contributed by atoms with Gasteiger partial charge < -0.3 is 4.57 Å². The van der Waals surface area contributed by atoms with Gasteiger partial charge in [0.05, 0.1) is 12.2 Å². The zero-order chi connectivity index (χ0) is 20.3. The molecule has 5 rings (SSSR count). The maximum atomic E-state index is 12.3. The normalized spacial score (nSPS) is 17.7. The minimum atomic E-state index is -0.0367. The number of nitrogens with zero attached hydrogens (tertiary/aromatic N) is 7. The minimum absolute atomic E-state index is 0.0367. The van der Waals surface area contributed by atoms with E-state index in [1.807, 2.05) is 12.1 Å². The van der Waals surface area contributed by atoms with Crippen LogP contribution in [0.15, 0.2) is 41.5 Å². The molecule has 0 N–H and O–H groups in total. The van der Waals surface area contributed by atoms with Crippen LogP contribution in [0, 0.1) is 5.92 Å². The molecule has 30 heavy (non-hydrogen) atoms. The lowest BCUT2D eigenvalue weighted by molar-refractivity contribution is 0.158. The average molecular weight is 406 g/mol. The van der Waals surface area contributed by atoms with E-state index in [2.05, 4.69) is 29.7 Å². The van der Waals surface area contributed by atoms with E-state index in [0.717, 1.165) is 68.3 Å². The van der Waals surface area contributed by atoms with Gasteiger partial charge in [-0.25, -0.2) is 4.68 Å². The topological polar surface area (TPSA) is 81.7 Å². The van der Waals surface area contributed by atoms with Crippen molar-refractivity contribution in [3.8, 4) is 11.3 Å². The Bertz CT molecular complexity index is 1050. The van der Waals surface area contributed by atoms with Gasteiger partial charge in [0.25, 0.3) is 5.56 Å². The molecule has 3 aromatic heterocycles. The first-order valence-electron chi connectivity index (χ1n) is 10.9. The van der Waals surface area contributed by atoms with Gasteiger partial charge in [0.1, 0.15) is 11.6 Å². The largest absolute Gasteiger partial charge is 0.314 e. The first-order valence-corrected chi connectivity index (χ1v) is 10.9. The van der Waals surface area contributed by atoms with Crippen LogP contribution in [0.3, 0.4) is 0 Å². The molecule has 0 amide bonds. The van der Waals surface area contributed by atoms with E-state index in [9.17, 15) is 4.79 Å². The van der Waals surface area contributed by atoms with Crippen molar-refractivity contribution in [3.63, 3.8) is 0 Å². The van der Waals surface area contributed by atoms with Crippen molar-refractivity contribution in [1.29, 1.82) is 0 Å². The summed E-state index contributed by atoms with van der Waals surface area (Å²) in [6, 6.07) is 7.24. The molecule has 0 bridgehead atoms. The van der Waals surface area contributed by atoms with Crippen molar-refractivity contribution < 1.29 is 0 Å². The first-order chi connectivity index (χ1) is 14.8. The van der Waals surface area contributed by atoms with Crippen LogP contribution in [0.5, 0.6) is 0 Å². The third-order valence-corrected chi connectivity index (χ3v) is 6.28. The second-order valence-corrected chi connectivity index (χ2v) is 8.34. The third kappa shape index (κ3) is 4.05. The van der Waals surface area contributed by atoms with E-state index in [0.29, 0.717) is 12.5 Å². The number of aromatic nitrogens is 6. The summed E-state index contributed by atoms with van der Waals surface area (Å²) >= 11 is 0. The molecule has 1 fully saturated rings. The molecule has 0 radical (unpaired) electrons. The zero-order valence-electron chi connectivity index (χ0n) is 17.2. The number of aryl methyl sites for hydroxylation is 1. The summed E-state index contributed by atoms with van der Waals surface area (Å²) in [6.45, 7) is 4.63. The molecule has 2 aliphatic rings. The quantitative estimate of drug-likeness (QED) is 0.647. The number of pyridine rings is 1. The number of fused-ring (bicyclic) bond motifs is 1. The van der Waals surface area contributed by atoms with Gasteiger partial charge in [0.2, 0.25) is 0 Å². The number of rotatable bonds is 5. The van der Waals surface area contributed by atoms with Crippen molar-refractivity contribution in [2.75, 3.05) is 13.1 Å². The van der Waals surface area contributed by atoms with E-state index in [1.54, 1.807) is 29.2 Å². The van der Waals surface area contributed by atoms with Gasteiger partial charge in [0, 0.05) is 43.5 Å². The Morgan fingerprint density at radius 1 is 0.967 bits per heavy atom. The molecule has 156 valence electrons. The van der Waals surface area contributed by atoms with Crippen molar-refractivity contribution >= 4 is 0 Å². The predicted molar refractivity (Wildman–Crippen MR) is 113 cm³/mol. The second-order valence-electron chi connectivity index (χ2n) is 8.34. The lowest BCUT2D eigenvalue weighted by Crippen LogP contribution is -2.37. The predicted octanol–water partition coefficient (Wildman–Crippen LogP) is 2.15. The van der Waals surface area contributed by atoms with E-state index >= 15 is 0 Å². The van der Waals surface area contributed by atoms with Crippen molar-refractivity contribution in [2.45, 2.75) is 51.7 Å². The highest BCUT2D eigenvalue weighted by Gasteiger charge is 2.23. The summed E-state index contributed by atoms with van der Waals surface area (Å²) in [4.78, 5) is 18.9. The highest BCUT2D eigenvalue weighted by Crippen LogP contribution is 2.22. The van der Waals surface area contributed by atoms with Gasteiger partial charge in [-0.3, -0.25) is 14.7 Å². The molecule has 0 atom stereocenters. The Morgan fingerprint density at radius 3 is 2.63 bits per heavy atom. The fraction of sp³-hybridized carbons (Fsp3) is 0.500. The van der Waals surface area contributed by atoms with Crippen LogP contribution < -0.4 is 5.56 Å². The molecule has 0 aromatic carbocycles. The van der Waals surface area contributed by atoms with E-state index in [4.69, 9.17) is 0 Å². The number of hydrogen-bond acceptors (Lipinski definition) is 6. The fourth-order valence-corrected chi connectivity index (χ4v) is 4.51. The van der Waals surface area contributed by atoms with Crippen molar-refractivity contribution in [2.24, 2.45) is 5.92 Å². The summed E-state index contributed by atoms with van der Waals surface area (Å²) < 4.78 is 3.94. The van der Waals surface area contributed by atoms with Crippen LogP contribution >= 0.6 is 0 Å². The van der Waals surface area contributed by atoms with E-state index in [-0.39, 0.29) is 5.56 Å². The van der Waals surface area contributed by atoms with Crippen LogP contribution in [-0.4, -0.2) is 47.5 Å². The fourth-order valence-electron chi connectivity index (χ4n) is 4.51. The Labute approximate surface area is 175 Å². The van der Waals surface area contributed by atoms with Crippen molar-refractivity contribution in [1.82, 2.24) is 34.4 Å². The highest BCUT2D eigenvalue weighted by atomic mass is 16.1. The van der Waals surface area contributed by atoms with Crippen LogP contribution in [0.1, 0.15) is 37.3 Å². The lowest BCUT2D eigenvalue weighted by Gasteiger charge is -2.31. The van der Waals surface area contributed by atoms with E-state index < -0.39 is 0 Å². The van der Waals surface area contributed by atoms with Crippen LogP contribution in [0.2, 0.25) is 0 Å². The lowest BCUT2D eigenvalue weighted by atomic mass is 9.97. The molecular weight excluding hydrogens is 378 g/mol. The van der Waals surface area contributed by atoms with Gasteiger partial charge in [-0.1, -0.05) is 0 Å². The summed E-state index contributed by atoms with van der Waals surface area (Å²) in [5, 5.41) is 13.4. The Kier molecular flexibility index (Phi) is 5.40. The molecule has 2 aliphatic heterocycles. The summed E-state index contributed by atoms with van der Waals surface area (Å²) in [5.41, 5.74) is 1.75. The molecule has 5 heterocycles. The number of piperidine rings is 1. The molecular formula is C22H27N7O. The molecule has 0 unspecified atom stereocenters. The van der Waals surface area contributed by atoms with Crippen LogP contribution in [0.25, 0.3) is 11.3 Å². The van der Waals surface area contributed by atoms with Gasteiger partial charge in [-0.15, -0.1) is 10.2 Å². The standard InChI is InChI=1S/C22H27N7O/c30-22-5-4-19(18-6-10-23-11-7-18)26-29(22)15-17-8-13-27(14-9-17)16-21-25-24-20-3-1-2-12-28(20)21/h4-7,10-11,17H,1-3,8-9,12-16H2. The van der Waals surface area contributed by atoms with Crippen LogP contribution in [-0.2, 0) is 26.1 Å². The smallest absolute Gasteiger partial charge is 0.266 e. The summed E-state index contributed by atoms with van der Waals surface area (Å²) in [5.74, 6) is 2.71. The third-order valence-electron chi connectivity index (χ3n) is 6.28. The second kappa shape index (κ2) is 8.47. The maximum absolute atomic E-state index is 12.3. The average Bonchev–Trinajstić information content (AvgIpc) is 3.20.